The van der Waals surface area contributed by atoms with Crippen molar-refractivity contribution in [1.29, 1.82) is 0 Å². The minimum Gasteiger partial charge on any atom is -0.394 e. The van der Waals surface area contributed by atoms with E-state index in [1.807, 2.05) is 0 Å². The summed E-state index contributed by atoms with van der Waals surface area (Å²) >= 11 is 0. The predicted octanol–water partition coefficient (Wildman–Crippen LogP) is -10.2. The Morgan fingerprint density at radius 1 is 0.889 bits per heavy atom. The fourth-order valence-electron chi connectivity index (χ4n) is 1.81. The minimum absolute atomic E-state index is 0.0512. The van der Waals surface area contributed by atoms with Crippen LogP contribution in [0.5, 0.6) is 0 Å². The zero-order chi connectivity index (χ0) is 22.5. The standard InChI is InChI=1S/C11H24N2O4.2ClHO4/c1-2-3-10(12)11(13,4-8(16)6-14)5-9(17)7-15;2*2-1(3,4)5/h2,8-10,14-17H,1,3-7,12-13H2;2*(H,2,3,4,5). The summed E-state index contributed by atoms with van der Waals surface area (Å²) in [5, 5.41) is 36.5. The lowest BCUT2D eigenvalue weighted by Gasteiger charge is -2.37. The van der Waals surface area contributed by atoms with Crippen molar-refractivity contribution in [1.82, 2.24) is 0 Å². The summed E-state index contributed by atoms with van der Waals surface area (Å²) < 4.78 is 65.4. The van der Waals surface area contributed by atoms with Crippen molar-refractivity contribution in [3.8, 4) is 0 Å². The van der Waals surface area contributed by atoms with E-state index in [2.05, 4.69) is 6.58 Å². The molecule has 0 heterocycles. The van der Waals surface area contributed by atoms with Crippen molar-refractivity contribution in [3.63, 3.8) is 0 Å². The Morgan fingerprint density at radius 2 is 1.15 bits per heavy atom. The molecule has 27 heavy (non-hydrogen) atoms. The van der Waals surface area contributed by atoms with Crippen molar-refractivity contribution < 1.29 is 78.2 Å². The highest BCUT2D eigenvalue weighted by Gasteiger charge is 2.35. The minimum atomic E-state index is -4.69. The molecule has 0 aromatic carbocycles. The number of aliphatic hydroxyl groups excluding tert-OH is 4. The summed E-state index contributed by atoms with van der Waals surface area (Å²) in [4.78, 5) is 0. The molecule has 0 amide bonds. The molecule has 0 radical (unpaired) electrons. The fourth-order valence-corrected chi connectivity index (χ4v) is 1.81. The highest BCUT2D eigenvalue weighted by Crippen LogP contribution is 2.22. The van der Waals surface area contributed by atoms with Crippen molar-refractivity contribution in [3.05, 3.63) is 12.7 Å². The van der Waals surface area contributed by atoms with Gasteiger partial charge >= 0.3 is 0 Å². The van der Waals surface area contributed by atoms with E-state index < -0.39 is 57.5 Å². The van der Waals surface area contributed by atoms with Crippen LogP contribution >= 0.6 is 0 Å². The largest absolute Gasteiger partial charge is 0.394 e. The zero-order valence-corrected chi connectivity index (χ0v) is 15.6. The molecule has 0 fully saturated rings. The van der Waals surface area contributed by atoms with E-state index in [-0.39, 0.29) is 12.8 Å². The first-order valence-electron chi connectivity index (χ1n) is 6.89. The van der Waals surface area contributed by atoms with E-state index in [1.165, 1.54) is 0 Å². The Labute approximate surface area is 159 Å². The third-order valence-electron chi connectivity index (χ3n) is 2.81. The van der Waals surface area contributed by atoms with Gasteiger partial charge in [-0.3, -0.25) is 0 Å². The van der Waals surface area contributed by atoms with Crippen LogP contribution in [0.4, 0.5) is 0 Å². The maximum atomic E-state index is 9.44. The molecular formula is C11H26Cl2N2O12. The van der Waals surface area contributed by atoms with Gasteiger partial charge in [0.1, 0.15) is 0 Å². The van der Waals surface area contributed by atoms with E-state index in [4.69, 9.17) is 59.0 Å². The van der Waals surface area contributed by atoms with Gasteiger partial charge in [-0.2, -0.15) is 28.0 Å². The van der Waals surface area contributed by atoms with E-state index in [0.29, 0.717) is 6.42 Å². The number of hydrogen-bond acceptors (Lipinski definition) is 14. The topological polar surface area (TPSA) is 312 Å². The van der Waals surface area contributed by atoms with Crippen LogP contribution in [0.3, 0.4) is 0 Å². The average Bonchev–Trinajstić information content (AvgIpc) is 2.43. The van der Waals surface area contributed by atoms with Crippen LogP contribution in [0.1, 0.15) is 19.3 Å². The molecule has 3 unspecified atom stereocenters. The van der Waals surface area contributed by atoms with Gasteiger partial charge in [0.05, 0.1) is 55.2 Å². The first-order valence-corrected chi connectivity index (χ1v) is 9.42. The van der Waals surface area contributed by atoms with E-state index in [0.717, 1.165) is 0 Å². The Hall–Kier alpha value is -0.240. The number of aliphatic hydroxyl groups is 4. The lowest BCUT2D eigenvalue weighted by molar-refractivity contribution is -1.92. The summed E-state index contributed by atoms with van der Waals surface area (Å²) in [6.45, 7) is 2.71. The normalized spacial score (nSPS) is 17.3. The number of rotatable bonds is 9. The SMILES string of the molecule is C=CCC(N)C(N)(CC(O)CO)CC(O)CO.[O-][Cl+3]([O-])([O-])O.[O-][Cl+3]([O-])([O-])O. The molecular weight excluding hydrogens is 423 g/mol. The second-order valence-corrected chi connectivity index (χ2v) is 6.82. The third-order valence-corrected chi connectivity index (χ3v) is 2.81. The molecule has 0 saturated heterocycles. The average molecular weight is 449 g/mol. The fraction of sp³-hybridized carbons (Fsp3) is 0.818. The molecule has 16 heteroatoms. The first kappa shape index (κ1) is 31.5. The third kappa shape index (κ3) is 28.1. The lowest BCUT2D eigenvalue weighted by Crippen LogP contribution is -2.59. The molecule has 0 saturated carbocycles. The first-order chi connectivity index (χ1) is 11.9. The summed E-state index contributed by atoms with van der Waals surface area (Å²) in [5.74, 6) is 0. The van der Waals surface area contributed by atoms with Gasteiger partial charge in [0, 0.05) is 11.6 Å². The molecule has 0 aliphatic rings. The molecule has 0 aromatic rings. The van der Waals surface area contributed by atoms with Gasteiger partial charge in [-0.1, -0.05) is 6.08 Å². The van der Waals surface area contributed by atoms with Crippen LogP contribution in [-0.2, 0) is 0 Å². The molecule has 0 aliphatic carbocycles. The summed E-state index contributed by atoms with van der Waals surface area (Å²) in [6, 6.07) is -0.512. The van der Waals surface area contributed by atoms with Gasteiger partial charge in [-0.25, -0.2) is 0 Å². The Balaban J connectivity index is -0.000000471. The molecule has 0 aliphatic heterocycles. The van der Waals surface area contributed by atoms with Gasteiger partial charge in [0.2, 0.25) is 0 Å². The maximum absolute atomic E-state index is 9.44. The van der Waals surface area contributed by atoms with Crippen molar-refractivity contribution in [2.75, 3.05) is 13.2 Å². The lowest BCUT2D eigenvalue weighted by atomic mass is 9.79. The van der Waals surface area contributed by atoms with Crippen LogP contribution in [-0.4, -0.2) is 66.7 Å². The van der Waals surface area contributed by atoms with Gasteiger partial charge in [0.15, 0.2) is 0 Å². The van der Waals surface area contributed by atoms with Gasteiger partial charge in [-0.15, -0.1) is 6.58 Å². The zero-order valence-electron chi connectivity index (χ0n) is 14.1. The Bertz CT molecular complexity index is 343. The van der Waals surface area contributed by atoms with Crippen molar-refractivity contribution >= 4 is 0 Å². The maximum Gasteiger partial charge on any atom is 0.0789 e. The highest BCUT2D eigenvalue weighted by molar-refractivity contribution is 4.99. The summed E-state index contributed by atoms with van der Waals surface area (Å²) in [5.41, 5.74) is 10.9. The quantitative estimate of drug-likeness (QED) is 0.152. The van der Waals surface area contributed by atoms with Crippen LogP contribution in [0, 0.1) is 20.5 Å². The van der Waals surface area contributed by atoms with Crippen LogP contribution in [0.25, 0.3) is 0 Å². The molecule has 0 spiro atoms. The van der Waals surface area contributed by atoms with E-state index in [1.54, 1.807) is 6.08 Å². The smallest absolute Gasteiger partial charge is 0.0789 e. The molecule has 166 valence electrons. The summed E-state index contributed by atoms with van der Waals surface area (Å²) in [6.07, 6.45) is 0.129. The molecule has 0 bridgehead atoms. The molecule has 0 aromatic heterocycles. The summed E-state index contributed by atoms with van der Waals surface area (Å²) in [7, 11) is -9.39. The predicted molar refractivity (Wildman–Crippen MR) is 69.6 cm³/mol. The highest BCUT2D eigenvalue weighted by atomic mass is 35.7. The van der Waals surface area contributed by atoms with Crippen LogP contribution in [0.15, 0.2) is 12.7 Å². The number of halogens is 2. The van der Waals surface area contributed by atoms with Gasteiger partial charge < -0.3 is 31.9 Å². The van der Waals surface area contributed by atoms with Gasteiger partial charge in [0.25, 0.3) is 0 Å². The number of nitrogens with two attached hydrogens (primary N) is 2. The van der Waals surface area contributed by atoms with Crippen molar-refractivity contribution in [2.24, 2.45) is 11.5 Å². The molecule has 14 nitrogen and oxygen atoms in total. The Morgan fingerprint density at radius 3 is 1.33 bits per heavy atom. The number of hydrogen-bond donors (Lipinski definition) is 8. The monoisotopic (exact) mass is 448 g/mol. The molecule has 10 N–H and O–H groups in total. The van der Waals surface area contributed by atoms with Crippen LogP contribution in [0.2, 0.25) is 0 Å². The second-order valence-electron chi connectivity index (χ2n) is 5.24. The molecule has 3 atom stereocenters. The van der Waals surface area contributed by atoms with E-state index in [9.17, 15) is 10.2 Å². The molecule has 0 rings (SSSR count). The second kappa shape index (κ2) is 14.7. The van der Waals surface area contributed by atoms with Crippen LogP contribution < -0.4 is 39.4 Å². The Kier molecular flexibility index (Phi) is 17.1. The van der Waals surface area contributed by atoms with E-state index >= 15 is 0 Å². The van der Waals surface area contributed by atoms with Crippen molar-refractivity contribution in [2.45, 2.75) is 43.1 Å². The van der Waals surface area contributed by atoms with Gasteiger partial charge in [-0.05, 0) is 19.3 Å².